The van der Waals surface area contributed by atoms with Crippen molar-refractivity contribution >= 4 is 12.2 Å². The summed E-state index contributed by atoms with van der Waals surface area (Å²) in [7, 11) is 0. The predicted molar refractivity (Wildman–Crippen MR) is 85.3 cm³/mol. The molecule has 4 heteroatoms. The van der Waals surface area contributed by atoms with Gasteiger partial charge in [0.1, 0.15) is 5.82 Å². The summed E-state index contributed by atoms with van der Waals surface area (Å²) in [6.07, 6.45) is 1.87. The molecule has 0 saturated carbocycles. The van der Waals surface area contributed by atoms with Gasteiger partial charge in [-0.05, 0) is 30.8 Å². The Labute approximate surface area is 127 Å². The van der Waals surface area contributed by atoms with Crippen LogP contribution < -0.4 is 0 Å². The van der Waals surface area contributed by atoms with Crippen LogP contribution in [0.25, 0.3) is 11.3 Å². The highest BCUT2D eigenvalue weighted by atomic mass is 32.1. The molecule has 0 saturated heterocycles. The Morgan fingerprint density at radius 2 is 1.71 bits per heavy atom. The molecule has 106 valence electrons. The van der Waals surface area contributed by atoms with E-state index in [0.29, 0.717) is 10.3 Å². The van der Waals surface area contributed by atoms with Gasteiger partial charge in [-0.1, -0.05) is 48.5 Å². The van der Waals surface area contributed by atoms with E-state index >= 15 is 0 Å². The second-order valence-corrected chi connectivity index (χ2v) is 5.30. The highest BCUT2D eigenvalue weighted by Crippen LogP contribution is 2.28. The third-order valence-electron chi connectivity index (χ3n) is 3.62. The van der Waals surface area contributed by atoms with E-state index in [2.05, 4.69) is 4.98 Å². The zero-order valence-electron chi connectivity index (χ0n) is 11.6. The van der Waals surface area contributed by atoms with Crippen LogP contribution in [0, 0.1) is 10.6 Å². The second-order valence-electron chi connectivity index (χ2n) is 4.91. The van der Waals surface area contributed by atoms with Crippen molar-refractivity contribution in [1.82, 2.24) is 9.55 Å². The molecule has 0 bridgehead atoms. The molecule has 0 spiro atoms. The first kappa shape index (κ1) is 13.8. The van der Waals surface area contributed by atoms with Crippen LogP contribution in [-0.2, 0) is 0 Å². The predicted octanol–water partition coefficient (Wildman–Crippen LogP) is 4.96. The molecule has 3 aromatic rings. The number of aromatic amines is 1. The van der Waals surface area contributed by atoms with Gasteiger partial charge in [0.2, 0.25) is 0 Å². The largest absolute Gasteiger partial charge is 0.337 e. The van der Waals surface area contributed by atoms with E-state index in [9.17, 15) is 4.39 Å². The summed E-state index contributed by atoms with van der Waals surface area (Å²) in [5, 5.41) is 0. The maximum atomic E-state index is 14.0. The SMILES string of the molecule is CC(c1ccccc1F)n1c(-c2ccccc2)c[nH]c1=S. The van der Waals surface area contributed by atoms with Crippen molar-refractivity contribution in [3.63, 3.8) is 0 Å². The van der Waals surface area contributed by atoms with Crippen LogP contribution in [0.2, 0.25) is 0 Å². The number of rotatable bonds is 3. The summed E-state index contributed by atoms with van der Waals surface area (Å²) >= 11 is 5.38. The number of hydrogen-bond donors (Lipinski definition) is 1. The maximum Gasteiger partial charge on any atom is 0.178 e. The highest BCUT2D eigenvalue weighted by Gasteiger charge is 2.17. The number of nitrogens with one attached hydrogen (secondary N) is 1. The Hall–Kier alpha value is -2.20. The zero-order chi connectivity index (χ0) is 14.8. The van der Waals surface area contributed by atoms with Crippen LogP contribution in [0.5, 0.6) is 0 Å². The van der Waals surface area contributed by atoms with Crippen molar-refractivity contribution < 1.29 is 4.39 Å². The standard InChI is InChI=1S/C17H15FN2S/c1-12(14-9-5-6-10-15(14)18)20-16(11-19-17(20)21)13-7-3-2-4-8-13/h2-12H,1H3,(H,19,21). The molecule has 1 N–H and O–H groups in total. The summed E-state index contributed by atoms with van der Waals surface area (Å²) in [6, 6.07) is 16.6. The average molecular weight is 298 g/mol. The van der Waals surface area contributed by atoms with Gasteiger partial charge in [-0.15, -0.1) is 0 Å². The molecule has 0 aliphatic rings. The molecule has 21 heavy (non-hydrogen) atoms. The smallest absolute Gasteiger partial charge is 0.178 e. The molecule has 0 fully saturated rings. The van der Waals surface area contributed by atoms with E-state index in [0.717, 1.165) is 11.3 Å². The summed E-state index contributed by atoms with van der Waals surface area (Å²) in [5.74, 6) is -0.216. The van der Waals surface area contributed by atoms with Crippen molar-refractivity contribution in [3.05, 3.63) is 76.9 Å². The number of H-pyrrole nitrogens is 1. The van der Waals surface area contributed by atoms with Gasteiger partial charge >= 0.3 is 0 Å². The number of hydrogen-bond acceptors (Lipinski definition) is 1. The number of imidazole rings is 1. The molecule has 0 aliphatic carbocycles. The minimum absolute atomic E-state index is 0.180. The fraction of sp³-hybridized carbons (Fsp3) is 0.118. The lowest BCUT2D eigenvalue weighted by atomic mass is 10.1. The highest BCUT2D eigenvalue weighted by molar-refractivity contribution is 7.71. The second kappa shape index (κ2) is 5.66. The fourth-order valence-corrected chi connectivity index (χ4v) is 2.86. The summed E-state index contributed by atoms with van der Waals surface area (Å²) < 4.78 is 16.6. The average Bonchev–Trinajstić information content (AvgIpc) is 2.90. The van der Waals surface area contributed by atoms with Gasteiger partial charge in [-0.25, -0.2) is 4.39 Å². The van der Waals surface area contributed by atoms with Crippen LogP contribution in [0.1, 0.15) is 18.5 Å². The van der Waals surface area contributed by atoms with E-state index in [1.54, 1.807) is 12.1 Å². The first-order chi connectivity index (χ1) is 10.2. The van der Waals surface area contributed by atoms with Crippen molar-refractivity contribution in [2.75, 3.05) is 0 Å². The molecule has 0 aliphatic heterocycles. The van der Waals surface area contributed by atoms with E-state index < -0.39 is 0 Å². The van der Waals surface area contributed by atoms with Crippen LogP contribution in [0.3, 0.4) is 0 Å². The van der Waals surface area contributed by atoms with Crippen molar-refractivity contribution in [2.24, 2.45) is 0 Å². The molecular weight excluding hydrogens is 283 g/mol. The minimum atomic E-state index is -0.216. The molecule has 1 aromatic heterocycles. The zero-order valence-corrected chi connectivity index (χ0v) is 12.4. The van der Waals surface area contributed by atoms with Gasteiger partial charge in [-0.2, -0.15) is 0 Å². The lowest BCUT2D eigenvalue weighted by Crippen LogP contribution is -2.10. The van der Waals surface area contributed by atoms with Crippen molar-refractivity contribution in [2.45, 2.75) is 13.0 Å². The number of halogens is 1. The van der Waals surface area contributed by atoms with Gasteiger partial charge in [0, 0.05) is 11.8 Å². The summed E-state index contributed by atoms with van der Waals surface area (Å²) in [4.78, 5) is 3.06. The molecule has 2 aromatic carbocycles. The van der Waals surface area contributed by atoms with Gasteiger partial charge in [-0.3, -0.25) is 0 Å². The number of benzene rings is 2. The molecule has 1 atom stereocenters. The lowest BCUT2D eigenvalue weighted by Gasteiger charge is -2.18. The quantitative estimate of drug-likeness (QED) is 0.678. The van der Waals surface area contributed by atoms with Crippen LogP contribution in [-0.4, -0.2) is 9.55 Å². The van der Waals surface area contributed by atoms with Gasteiger partial charge in [0.25, 0.3) is 0 Å². The Bertz CT molecular complexity index is 805. The fourth-order valence-electron chi connectivity index (χ4n) is 2.55. The van der Waals surface area contributed by atoms with Gasteiger partial charge in [0.05, 0.1) is 11.7 Å². The van der Waals surface area contributed by atoms with E-state index in [1.165, 1.54) is 6.07 Å². The number of nitrogens with zero attached hydrogens (tertiary/aromatic N) is 1. The molecule has 0 radical (unpaired) electrons. The Kier molecular flexibility index (Phi) is 3.71. The third kappa shape index (κ3) is 2.54. The Morgan fingerprint density at radius 1 is 1.05 bits per heavy atom. The van der Waals surface area contributed by atoms with Crippen LogP contribution in [0.4, 0.5) is 4.39 Å². The molecule has 1 heterocycles. The molecule has 2 nitrogen and oxygen atoms in total. The normalized spacial score (nSPS) is 12.3. The van der Waals surface area contributed by atoms with E-state index in [4.69, 9.17) is 12.2 Å². The monoisotopic (exact) mass is 298 g/mol. The summed E-state index contributed by atoms with van der Waals surface area (Å²) in [5.41, 5.74) is 2.63. The van der Waals surface area contributed by atoms with Crippen LogP contribution in [0.15, 0.2) is 60.8 Å². The van der Waals surface area contributed by atoms with Crippen LogP contribution >= 0.6 is 12.2 Å². The molecular formula is C17H15FN2S. The first-order valence-electron chi connectivity index (χ1n) is 6.78. The molecule has 1 unspecified atom stereocenters. The molecule has 3 rings (SSSR count). The van der Waals surface area contributed by atoms with Crippen molar-refractivity contribution in [1.29, 1.82) is 0 Å². The van der Waals surface area contributed by atoms with Gasteiger partial charge in [0.15, 0.2) is 4.77 Å². The van der Waals surface area contributed by atoms with E-state index in [1.807, 2.05) is 54.1 Å². The topological polar surface area (TPSA) is 20.7 Å². The lowest BCUT2D eigenvalue weighted by molar-refractivity contribution is 0.556. The van der Waals surface area contributed by atoms with Crippen molar-refractivity contribution in [3.8, 4) is 11.3 Å². The maximum absolute atomic E-state index is 14.0. The Morgan fingerprint density at radius 3 is 2.43 bits per heavy atom. The van der Waals surface area contributed by atoms with E-state index in [-0.39, 0.29) is 11.9 Å². The first-order valence-corrected chi connectivity index (χ1v) is 7.19. The summed E-state index contributed by atoms with van der Waals surface area (Å²) in [6.45, 7) is 1.95. The number of aromatic nitrogens is 2. The third-order valence-corrected chi connectivity index (χ3v) is 3.94. The minimum Gasteiger partial charge on any atom is -0.337 e. The van der Waals surface area contributed by atoms with Gasteiger partial charge < -0.3 is 9.55 Å². The molecule has 0 amide bonds. The Balaban J connectivity index is 2.14.